The maximum Gasteiger partial charge on any atom is 0.451 e. The first kappa shape index (κ1) is 31.4. The molecule has 0 N–H and O–H groups in total. The number of aromatic nitrogens is 4. The molecule has 1 amide bonds. The van der Waals surface area contributed by atoms with Crippen LogP contribution in [0.5, 0.6) is 0 Å². The molecule has 0 aromatic carbocycles. The minimum atomic E-state index is -4.64. The number of piperidine rings is 1. The van der Waals surface area contributed by atoms with Gasteiger partial charge < -0.3 is 14.5 Å². The second-order valence-electron chi connectivity index (χ2n) is 12.9. The molecule has 2 aromatic heterocycles. The molecule has 2 aliphatic heterocycles. The van der Waals surface area contributed by atoms with E-state index in [1.54, 1.807) is 18.1 Å². The molecule has 4 atom stereocenters. The van der Waals surface area contributed by atoms with Crippen molar-refractivity contribution in [1.29, 1.82) is 0 Å². The smallest absolute Gasteiger partial charge is 0.383 e. The summed E-state index contributed by atoms with van der Waals surface area (Å²) in [6, 6.07) is 1.99. The number of amides is 1. The Morgan fingerprint density at radius 2 is 1.91 bits per heavy atom. The lowest BCUT2D eigenvalue weighted by molar-refractivity contribution is -0.145. The van der Waals surface area contributed by atoms with Gasteiger partial charge in [0.15, 0.2) is 0 Å². The monoisotopic (exact) mass is 603 g/mol. The molecule has 5 rings (SSSR count). The molecule has 0 unspecified atom stereocenters. The number of methoxy groups -OCH3 is 1. The van der Waals surface area contributed by atoms with Gasteiger partial charge in [-0.05, 0) is 42.7 Å². The van der Waals surface area contributed by atoms with Crippen LogP contribution in [0, 0.1) is 18.3 Å². The van der Waals surface area contributed by atoms with Crippen molar-refractivity contribution < 1.29 is 22.7 Å². The average Bonchev–Trinajstić information content (AvgIpc) is 3.34. The molecule has 2 saturated heterocycles. The Morgan fingerprint density at radius 3 is 2.51 bits per heavy atom. The van der Waals surface area contributed by atoms with Crippen molar-refractivity contribution in [1.82, 2.24) is 29.5 Å². The molecule has 4 heterocycles. The molecule has 1 aliphatic carbocycles. The SMILES string of the molecule is C=CC(=O)N1CCN([C@H]2C[C@@H](c3cc(N4CC[C@@H](c5c(C)cnn5CCOC)[C@H](C)C4)nc(C(F)(F)F)n3)C2(C)C)CC1. The number of carbonyl (C=O) groups is 1. The van der Waals surface area contributed by atoms with Crippen molar-refractivity contribution in [2.75, 3.05) is 57.9 Å². The van der Waals surface area contributed by atoms with Crippen molar-refractivity contribution in [3.63, 3.8) is 0 Å². The van der Waals surface area contributed by atoms with E-state index < -0.39 is 12.0 Å². The van der Waals surface area contributed by atoms with E-state index in [-0.39, 0.29) is 35.1 Å². The van der Waals surface area contributed by atoms with E-state index in [0.29, 0.717) is 50.8 Å². The number of rotatable bonds is 8. The molecule has 43 heavy (non-hydrogen) atoms. The summed E-state index contributed by atoms with van der Waals surface area (Å²) in [6.07, 6.45) is 0.0933. The first-order chi connectivity index (χ1) is 20.3. The molecular formula is C31H44F3N7O2. The molecule has 3 fully saturated rings. The van der Waals surface area contributed by atoms with Gasteiger partial charge in [-0.1, -0.05) is 27.4 Å². The van der Waals surface area contributed by atoms with Crippen LogP contribution in [0.4, 0.5) is 19.0 Å². The van der Waals surface area contributed by atoms with Gasteiger partial charge in [0.25, 0.3) is 0 Å². The molecule has 236 valence electrons. The molecule has 3 aliphatic rings. The van der Waals surface area contributed by atoms with Gasteiger partial charge in [-0.2, -0.15) is 18.3 Å². The summed E-state index contributed by atoms with van der Waals surface area (Å²) in [5.74, 6) is -0.478. The van der Waals surface area contributed by atoms with Crippen LogP contribution in [-0.4, -0.2) is 94.5 Å². The van der Waals surface area contributed by atoms with Crippen LogP contribution < -0.4 is 4.90 Å². The predicted molar refractivity (Wildman–Crippen MR) is 158 cm³/mol. The zero-order valence-corrected chi connectivity index (χ0v) is 25.9. The highest BCUT2D eigenvalue weighted by atomic mass is 19.4. The fraction of sp³-hybridized carbons (Fsp3) is 0.677. The number of halogens is 3. The molecule has 0 spiro atoms. The Labute approximate surface area is 252 Å². The van der Waals surface area contributed by atoms with Crippen molar-refractivity contribution in [2.45, 2.75) is 71.1 Å². The number of piperazine rings is 1. The molecule has 1 saturated carbocycles. The third-order valence-corrected chi connectivity index (χ3v) is 9.96. The number of nitrogens with zero attached hydrogens (tertiary/aromatic N) is 7. The molecule has 2 aromatic rings. The van der Waals surface area contributed by atoms with E-state index in [1.165, 1.54) is 11.8 Å². The molecular weight excluding hydrogens is 559 g/mol. The Bertz CT molecular complexity index is 1320. The van der Waals surface area contributed by atoms with Crippen LogP contribution in [0.1, 0.15) is 68.2 Å². The highest BCUT2D eigenvalue weighted by molar-refractivity contribution is 5.87. The van der Waals surface area contributed by atoms with Crippen LogP contribution >= 0.6 is 0 Å². The fourth-order valence-electron chi connectivity index (χ4n) is 7.41. The van der Waals surface area contributed by atoms with E-state index in [0.717, 1.165) is 31.5 Å². The van der Waals surface area contributed by atoms with Crippen molar-refractivity contribution in [3.8, 4) is 0 Å². The zero-order chi connectivity index (χ0) is 31.1. The first-order valence-corrected chi connectivity index (χ1v) is 15.2. The van der Waals surface area contributed by atoms with Crippen LogP contribution in [-0.2, 0) is 22.3 Å². The second kappa shape index (κ2) is 12.2. The molecule has 9 nitrogen and oxygen atoms in total. The van der Waals surface area contributed by atoms with Crippen LogP contribution in [0.25, 0.3) is 0 Å². The highest BCUT2D eigenvalue weighted by Crippen LogP contribution is 2.55. The van der Waals surface area contributed by atoms with Crippen molar-refractivity contribution in [2.24, 2.45) is 11.3 Å². The van der Waals surface area contributed by atoms with E-state index in [4.69, 9.17) is 4.74 Å². The normalized spacial score (nSPS) is 26.3. The van der Waals surface area contributed by atoms with E-state index >= 15 is 0 Å². The molecule has 0 bridgehead atoms. The second-order valence-corrected chi connectivity index (χ2v) is 12.9. The average molecular weight is 604 g/mol. The minimum absolute atomic E-state index is 0.0659. The van der Waals surface area contributed by atoms with Crippen LogP contribution in [0.3, 0.4) is 0 Å². The number of carbonyl (C=O) groups excluding carboxylic acids is 1. The predicted octanol–water partition coefficient (Wildman–Crippen LogP) is 4.49. The topological polar surface area (TPSA) is 79.6 Å². The summed E-state index contributed by atoms with van der Waals surface area (Å²) in [5, 5.41) is 4.55. The first-order valence-electron chi connectivity index (χ1n) is 15.2. The summed E-state index contributed by atoms with van der Waals surface area (Å²) in [6.45, 7) is 17.2. The lowest BCUT2D eigenvalue weighted by Gasteiger charge is -2.57. The third kappa shape index (κ3) is 6.18. The lowest BCUT2D eigenvalue weighted by Crippen LogP contribution is -2.62. The number of hydrogen-bond acceptors (Lipinski definition) is 7. The zero-order valence-electron chi connectivity index (χ0n) is 25.9. The maximum atomic E-state index is 14.1. The molecule has 12 heteroatoms. The summed E-state index contributed by atoms with van der Waals surface area (Å²) in [7, 11) is 1.67. The Balaban J connectivity index is 1.33. The maximum absolute atomic E-state index is 14.1. The number of hydrogen-bond donors (Lipinski definition) is 0. The van der Waals surface area contributed by atoms with E-state index in [2.05, 4.69) is 54.2 Å². The van der Waals surface area contributed by atoms with Crippen LogP contribution in [0.15, 0.2) is 24.9 Å². The quantitative estimate of drug-likeness (QED) is 0.412. The summed E-state index contributed by atoms with van der Waals surface area (Å²) < 4.78 is 49.6. The number of ether oxygens (including phenoxy) is 1. The van der Waals surface area contributed by atoms with Gasteiger partial charge in [-0.25, -0.2) is 9.97 Å². The van der Waals surface area contributed by atoms with E-state index in [1.807, 2.05) is 15.8 Å². The lowest BCUT2D eigenvalue weighted by atomic mass is 9.56. The Hall–Kier alpha value is -2.99. The van der Waals surface area contributed by atoms with Gasteiger partial charge >= 0.3 is 6.18 Å². The molecule has 0 radical (unpaired) electrons. The van der Waals surface area contributed by atoms with Crippen LogP contribution in [0.2, 0.25) is 0 Å². The van der Waals surface area contributed by atoms with Crippen molar-refractivity contribution in [3.05, 3.63) is 47.7 Å². The summed E-state index contributed by atoms with van der Waals surface area (Å²) >= 11 is 0. The fourth-order valence-corrected chi connectivity index (χ4v) is 7.41. The standard InChI is InChI=1S/C31H44F3N7O2/c1-7-27(42)39-12-10-38(11-13-39)25-16-23(30(25,4)5)24-17-26(37-29(36-24)31(32,33)34)40-9-8-22(21(3)19-40)28-20(2)18-35-41(28)14-15-43-6/h7,17-18,21-23,25H,1,8-16,19H2,2-6H3/t21-,22-,23+,25+/m1/s1. The number of alkyl halides is 3. The van der Waals surface area contributed by atoms with Gasteiger partial charge in [-0.3, -0.25) is 14.4 Å². The van der Waals surface area contributed by atoms with Crippen molar-refractivity contribution >= 4 is 11.7 Å². The van der Waals surface area contributed by atoms with Gasteiger partial charge in [0, 0.05) is 76.0 Å². The summed E-state index contributed by atoms with van der Waals surface area (Å²) in [5.41, 5.74) is 2.49. The largest absolute Gasteiger partial charge is 0.451 e. The van der Waals surface area contributed by atoms with Gasteiger partial charge in [0.05, 0.1) is 25.0 Å². The van der Waals surface area contributed by atoms with Gasteiger partial charge in [0.1, 0.15) is 5.82 Å². The summed E-state index contributed by atoms with van der Waals surface area (Å²) in [4.78, 5) is 26.3. The van der Waals surface area contributed by atoms with E-state index in [9.17, 15) is 18.0 Å². The van der Waals surface area contributed by atoms with Gasteiger partial charge in [0.2, 0.25) is 11.7 Å². The third-order valence-electron chi connectivity index (χ3n) is 9.96. The highest BCUT2D eigenvalue weighted by Gasteiger charge is 2.53. The Morgan fingerprint density at radius 1 is 1.19 bits per heavy atom. The Kier molecular flexibility index (Phi) is 8.91. The number of anilines is 1. The number of aryl methyl sites for hydroxylation is 1. The minimum Gasteiger partial charge on any atom is -0.383 e. The van der Waals surface area contributed by atoms with Gasteiger partial charge in [-0.15, -0.1) is 0 Å².